The third-order valence-corrected chi connectivity index (χ3v) is 3.29. The highest BCUT2D eigenvalue weighted by molar-refractivity contribution is 7.80. The second kappa shape index (κ2) is 7.68. The standard InChI is InChI=1S/C14H20N2O4S/c1-5-9(13(15)21)16-14(17)8-6-7-10(18-2)12(20-4)11(8)19-3/h6-7,9H,5H2,1-4H3,(H2,15,21)(H,16,17). The summed E-state index contributed by atoms with van der Waals surface area (Å²) in [6.45, 7) is 1.88. The van der Waals surface area contributed by atoms with E-state index in [0.29, 0.717) is 29.2 Å². The van der Waals surface area contributed by atoms with Gasteiger partial charge in [0.1, 0.15) is 0 Å². The second-order valence-electron chi connectivity index (χ2n) is 4.22. The second-order valence-corrected chi connectivity index (χ2v) is 4.69. The fraction of sp³-hybridized carbons (Fsp3) is 0.429. The Kier molecular flexibility index (Phi) is 6.23. The molecular weight excluding hydrogens is 292 g/mol. The number of nitrogens with two attached hydrogens (primary N) is 1. The van der Waals surface area contributed by atoms with Crippen molar-refractivity contribution in [2.75, 3.05) is 21.3 Å². The number of benzene rings is 1. The molecule has 1 unspecified atom stereocenters. The minimum Gasteiger partial charge on any atom is -0.493 e. The lowest BCUT2D eigenvalue weighted by atomic mass is 10.1. The molecule has 0 fully saturated rings. The fourth-order valence-electron chi connectivity index (χ4n) is 1.89. The summed E-state index contributed by atoms with van der Waals surface area (Å²) < 4.78 is 15.7. The number of amides is 1. The highest BCUT2D eigenvalue weighted by atomic mass is 32.1. The quantitative estimate of drug-likeness (QED) is 0.743. The summed E-state index contributed by atoms with van der Waals surface area (Å²) in [5.74, 6) is 0.794. The molecule has 0 saturated carbocycles. The molecule has 0 aliphatic rings. The summed E-state index contributed by atoms with van der Waals surface area (Å²) in [6.07, 6.45) is 0.608. The van der Waals surface area contributed by atoms with Crippen molar-refractivity contribution < 1.29 is 19.0 Å². The van der Waals surface area contributed by atoms with Gasteiger partial charge in [0.05, 0.1) is 37.9 Å². The van der Waals surface area contributed by atoms with Gasteiger partial charge < -0.3 is 25.3 Å². The monoisotopic (exact) mass is 312 g/mol. The number of hydrogen-bond acceptors (Lipinski definition) is 5. The van der Waals surface area contributed by atoms with Crippen molar-refractivity contribution in [1.29, 1.82) is 0 Å². The minimum absolute atomic E-state index is 0.241. The first-order valence-electron chi connectivity index (χ1n) is 6.39. The van der Waals surface area contributed by atoms with Crippen LogP contribution in [-0.2, 0) is 0 Å². The summed E-state index contributed by atoms with van der Waals surface area (Å²) in [5, 5.41) is 2.76. The van der Waals surface area contributed by atoms with Crippen molar-refractivity contribution in [3.63, 3.8) is 0 Å². The molecular formula is C14H20N2O4S. The highest BCUT2D eigenvalue weighted by Gasteiger charge is 2.22. The van der Waals surface area contributed by atoms with E-state index in [1.807, 2.05) is 6.92 Å². The van der Waals surface area contributed by atoms with E-state index in [1.54, 1.807) is 12.1 Å². The van der Waals surface area contributed by atoms with E-state index in [9.17, 15) is 4.79 Å². The van der Waals surface area contributed by atoms with Gasteiger partial charge in [0.2, 0.25) is 5.75 Å². The molecule has 116 valence electrons. The van der Waals surface area contributed by atoms with E-state index in [4.69, 9.17) is 32.2 Å². The van der Waals surface area contributed by atoms with E-state index < -0.39 is 0 Å². The van der Waals surface area contributed by atoms with Crippen LogP contribution >= 0.6 is 12.2 Å². The maximum atomic E-state index is 12.4. The van der Waals surface area contributed by atoms with Gasteiger partial charge in [0.15, 0.2) is 11.5 Å². The van der Waals surface area contributed by atoms with Crippen LogP contribution in [-0.4, -0.2) is 38.3 Å². The summed E-state index contributed by atoms with van der Waals surface area (Å²) >= 11 is 4.92. The molecule has 3 N–H and O–H groups in total. The maximum absolute atomic E-state index is 12.4. The Morgan fingerprint density at radius 3 is 2.29 bits per heavy atom. The van der Waals surface area contributed by atoms with Crippen molar-refractivity contribution in [3.8, 4) is 17.2 Å². The number of nitrogens with one attached hydrogen (secondary N) is 1. The Bertz CT molecular complexity index is 534. The van der Waals surface area contributed by atoms with Gasteiger partial charge in [-0.3, -0.25) is 4.79 Å². The summed E-state index contributed by atoms with van der Waals surface area (Å²) in [6, 6.07) is 2.87. The zero-order valence-corrected chi connectivity index (χ0v) is 13.4. The smallest absolute Gasteiger partial charge is 0.255 e. The molecule has 0 heterocycles. The summed E-state index contributed by atoms with van der Waals surface area (Å²) in [7, 11) is 4.45. The Balaban J connectivity index is 3.18. The third-order valence-electron chi connectivity index (χ3n) is 3.01. The zero-order valence-electron chi connectivity index (χ0n) is 12.6. The predicted octanol–water partition coefficient (Wildman–Crippen LogP) is 1.51. The van der Waals surface area contributed by atoms with Gasteiger partial charge >= 0.3 is 0 Å². The van der Waals surface area contributed by atoms with Gasteiger partial charge in [-0.15, -0.1) is 0 Å². The van der Waals surface area contributed by atoms with Crippen molar-refractivity contribution in [2.45, 2.75) is 19.4 Å². The summed E-state index contributed by atoms with van der Waals surface area (Å²) in [5.41, 5.74) is 5.91. The molecule has 6 nitrogen and oxygen atoms in total. The molecule has 0 radical (unpaired) electrons. The van der Waals surface area contributed by atoms with Crippen LogP contribution in [0.3, 0.4) is 0 Å². The third kappa shape index (κ3) is 3.75. The number of methoxy groups -OCH3 is 3. The highest BCUT2D eigenvalue weighted by Crippen LogP contribution is 2.39. The molecule has 0 aliphatic heterocycles. The lowest BCUT2D eigenvalue weighted by Gasteiger charge is -2.18. The van der Waals surface area contributed by atoms with E-state index in [1.165, 1.54) is 21.3 Å². The van der Waals surface area contributed by atoms with Crippen LogP contribution in [0.4, 0.5) is 0 Å². The molecule has 1 aromatic carbocycles. The Morgan fingerprint density at radius 2 is 1.86 bits per heavy atom. The lowest BCUT2D eigenvalue weighted by molar-refractivity contribution is 0.0942. The van der Waals surface area contributed by atoms with Crippen molar-refractivity contribution in [2.24, 2.45) is 5.73 Å². The van der Waals surface area contributed by atoms with Crippen LogP contribution in [0.25, 0.3) is 0 Å². The lowest BCUT2D eigenvalue weighted by Crippen LogP contribution is -2.43. The van der Waals surface area contributed by atoms with Gasteiger partial charge in [-0.25, -0.2) is 0 Å². The minimum atomic E-state index is -0.370. The molecule has 0 bridgehead atoms. The number of carbonyl (C=O) groups excluding carboxylic acids is 1. The topological polar surface area (TPSA) is 82.8 Å². The van der Waals surface area contributed by atoms with Crippen molar-refractivity contribution in [1.82, 2.24) is 5.32 Å². The van der Waals surface area contributed by atoms with E-state index in [0.717, 1.165) is 0 Å². The first kappa shape index (κ1) is 17.0. The average molecular weight is 312 g/mol. The van der Waals surface area contributed by atoms with Crippen LogP contribution in [0.2, 0.25) is 0 Å². The largest absolute Gasteiger partial charge is 0.493 e. The Morgan fingerprint density at radius 1 is 1.24 bits per heavy atom. The molecule has 1 amide bonds. The zero-order chi connectivity index (χ0) is 16.0. The van der Waals surface area contributed by atoms with Gasteiger partial charge in [-0.05, 0) is 18.6 Å². The Hall–Kier alpha value is -2.02. The van der Waals surface area contributed by atoms with E-state index in [2.05, 4.69) is 5.32 Å². The molecule has 0 aliphatic carbocycles. The predicted molar refractivity (Wildman–Crippen MR) is 84.4 cm³/mol. The number of ether oxygens (including phenoxy) is 3. The first-order chi connectivity index (χ1) is 9.99. The molecule has 21 heavy (non-hydrogen) atoms. The van der Waals surface area contributed by atoms with Crippen LogP contribution < -0.4 is 25.3 Å². The van der Waals surface area contributed by atoms with Crippen molar-refractivity contribution >= 4 is 23.1 Å². The summed E-state index contributed by atoms with van der Waals surface area (Å²) in [4.78, 5) is 12.6. The molecule has 0 spiro atoms. The van der Waals surface area contributed by atoms with Crippen LogP contribution in [0.1, 0.15) is 23.7 Å². The van der Waals surface area contributed by atoms with Gasteiger partial charge in [0, 0.05) is 0 Å². The average Bonchev–Trinajstić information content (AvgIpc) is 2.49. The molecule has 1 aromatic rings. The van der Waals surface area contributed by atoms with Gasteiger partial charge in [-0.1, -0.05) is 19.1 Å². The first-order valence-corrected chi connectivity index (χ1v) is 6.80. The Labute approximate surface area is 129 Å². The molecule has 1 atom stereocenters. The molecule has 0 saturated heterocycles. The molecule has 0 aromatic heterocycles. The number of thiocarbonyl (C=S) groups is 1. The number of hydrogen-bond donors (Lipinski definition) is 2. The SMILES string of the molecule is CCC(NC(=O)c1ccc(OC)c(OC)c1OC)C(N)=S. The van der Waals surface area contributed by atoms with Gasteiger partial charge in [0.25, 0.3) is 5.91 Å². The molecule has 7 heteroatoms. The van der Waals surface area contributed by atoms with E-state index in [-0.39, 0.29) is 16.9 Å². The fourth-order valence-corrected chi connectivity index (χ4v) is 2.12. The van der Waals surface area contributed by atoms with E-state index >= 15 is 0 Å². The van der Waals surface area contributed by atoms with Crippen LogP contribution in [0.15, 0.2) is 12.1 Å². The maximum Gasteiger partial charge on any atom is 0.255 e. The van der Waals surface area contributed by atoms with Gasteiger partial charge in [-0.2, -0.15) is 0 Å². The number of rotatable bonds is 7. The van der Waals surface area contributed by atoms with Crippen LogP contribution in [0, 0.1) is 0 Å². The normalized spacial score (nSPS) is 11.4. The number of carbonyl (C=O) groups is 1. The van der Waals surface area contributed by atoms with Crippen LogP contribution in [0.5, 0.6) is 17.2 Å². The molecule has 1 rings (SSSR count). The van der Waals surface area contributed by atoms with Crippen molar-refractivity contribution in [3.05, 3.63) is 17.7 Å².